The van der Waals surface area contributed by atoms with Crippen molar-refractivity contribution in [3.05, 3.63) is 56.7 Å². The molecule has 1 aliphatic heterocycles. The molecule has 5 rings (SSSR count). The van der Waals surface area contributed by atoms with Crippen LogP contribution in [0.15, 0.2) is 46.1 Å². The summed E-state index contributed by atoms with van der Waals surface area (Å²) < 4.78 is 11.5. The van der Waals surface area contributed by atoms with E-state index < -0.39 is 17.9 Å². The van der Waals surface area contributed by atoms with Crippen LogP contribution < -0.4 is 5.32 Å². The van der Waals surface area contributed by atoms with E-state index in [4.69, 9.17) is 21.1 Å². The van der Waals surface area contributed by atoms with E-state index in [1.165, 1.54) is 14.2 Å². The number of ether oxygens (including phenoxy) is 2. The minimum atomic E-state index is -0.537. The second-order valence-electron chi connectivity index (χ2n) is 8.08. The second-order valence-corrected chi connectivity index (χ2v) is 9.42. The molecule has 2 saturated carbocycles. The zero-order valence-electron chi connectivity index (χ0n) is 16.8. The SMILES string of the molecule is COC(=O)C1=C(C2CC2)NC(C2CC2)=C(C(=O)OC)C1c1csc2ccc(Cl)cc12. The molecule has 2 aliphatic carbocycles. The largest absolute Gasteiger partial charge is 0.466 e. The first-order chi connectivity index (χ1) is 14.5. The van der Waals surface area contributed by atoms with Crippen LogP contribution in [-0.2, 0) is 19.1 Å². The van der Waals surface area contributed by atoms with Gasteiger partial charge in [0.25, 0.3) is 0 Å². The lowest BCUT2D eigenvalue weighted by Gasteiger charge is -2.32. The summed E-state index contributed by atoms with van der Waals surface area (Å²) in [5.74, 6) is -0.769. The number of nitrogens with one attached hydrogen (secondary N) is 1. The number of dihydropyridines is 1. The zero-order chi connectivity index (χ0) is 21.0. The molecular formula is C23H22ClNO4S. The van der Waals surface area contributed by atoms with Gasteiger partial charge in [-0.15, -0.1) is 11.3 Å². The molecule has 3 aliphatic rings. The molecule has 0 atom stereocenters. The average molecular weight is 444 g/mol. The summed E-state index contributed by atoms with van der Waals surface area (Å²) in [6, 6.07) is 5.73. The van der Waals surface area contributed by atoms with Crippen LogP contribution in [0.25, 0.3) is 10.1 Å². The fraction of sp³-hybridized carbons (Fsp3) is 0.391. The quantitative estimate of drug-likeness (QED) is 0.665. The van der Waals surface area contributed by atoms with Crippen molar-refractivity contribution in [3.63, 3.8) is 0 Å². The monoisotopic (exact) mass is 443 g/mol. The molecule has 0 spiro atoms. The predicted octanol–water partition coefficient (Wildman–Crippen LogP) is 4.92. The molecule has 0 bridgehead atoms. The Kier molecular flexibility index (Phi) is 4.86. The molecule has 156 valence electrons. The summed E-state index contributed by atoms with van der Waals surface area (Å²) in [5, 5.41) is 7.09. The molecule has 0 saturated heterocycles. The smallest absolute Gasteiger partial charge is 0.336 e. The van der Waals surface area contributed by atoms with Crippen LogP contribution >= 0.6 is 22.9 Å². The number of halogens is 1. The number of carbonyl (C=O) groups excluding carboxylic acids is 2. The van der Waals surface area contributed by atoms with E-state index in [1.54, 1.807) is 11.3 Å². The summed E-state index contributed by atoms with van der Waals surface area (Å²) in [4.78, 5) is 26.1. The fourth-order valence-corrected chi connectivity index (χ4v) is 5.49. The van der Waals surface area contributed by atoms with Crippen LogP contribution in [0.1, 0.15) is 37.2 Å². The Labute approximate surface area is 183 Å². The van der Waals surface area contributed by atoms with Crippen LogP contribution in [0.2, 0.25) is 5.02 Å². The normalized spacial score (nSPS) is 19.8. The van der Waals surface area contributed by atoms with Crippen LogP contribution in [0.3, 0.4) is 0 Å². The van der Waals surface area contributed by atoms with E-state index in [0.29, 0.717) is 28.0 Å². The number of fused-ring (bicyclic) bond motifs is 1. The summed E-state index contributed by atoms with van der Waals surface area (Å²) in [7, 11) is 2.77. The predicted molar refractivity (Wildman–Crippen MR) is 116 cm³/mol. The van der Waals surface area contributed by atoms with Crippen molar-refractivity contribution in [1.29, 1.82) is 0 Å². The Balaban J connectivity index is 1.79. The van der Waals surface area contributed by atoms with Crippen LogP contribution in [-0.4, -0.2) is 26.2 Å². The van der Waals surface area contributed by atoms with Gasteiger partial charge < -0.3 is 14.8 Å². The molecule has 2 fully saturated rings. The number of esters is 2. The molecule has 30 heavy (non-hydrogen) atoms. The van der Waals surface area contributed by atoms with Crippen molar-refractivity contribution in [1.82, 2.24) is 5.32 Å². The molecule has 0 unspecified atom stereocenters. The molecule has 7 heteroatoms. The van der Waals surface area contributed by atoms with Crippen molar-refractivity contribution in [3.8, 4) is 0 Å². The van der Waals surface area contributed by atoms with Gasteiger partial charge in [-0.25, -0.2) is 9.59 Å². The van der Waals surface area contributed by atoms with Gasteiger partial charge in [-0.05, 0) is 72.0 Å². The lowest BCUT2D eigenvalue weighted by Crippen LogP contribution is -2.35. The lowest BCUT2D eigenvalue weighted by atomic mass is 9.78. The first-order valence-corrected chi connectivity index (χ1v) is 11.4. The highest BCUT2D eigenvalue weighted by Gasteiger charge is 2.46. The van der Waals surface area contributed by atoms with E-state index in [2.05, 4.69) is 5.32 Å². The van der Waals surface area contributed by atoms with Gasteiger partial charge in [0.1, 0.15) is 0 Å². The number of thiophene rings is 1. The molecule has 0 amide bonds. The van der Waals surface area contributed by atoms with Crippen molar-refractivity contribution in [2.45, 2.75) is 31.6 Å². The highest BCUT2D eigenvalue weighted by molar-refractivity contribution is 7.17. The number of benzene rings is 1. The average Bonchev–Trinajstić information content (AvgIpc) is 3.67. The molecule has 1 N–H and O–H groups in total. The number of allylic oxidation sites excluding steroid dienone is 2. The summed E-state index contributed by atoms with van der Waals surface area (Å²) in [6.07, 6.45) is 4.10. The third-order valence-corrected chi connectivity index (χ3v) is 7.30. The first kappa shape index (κ1) is 19.6. The van der Waals surface area contributed by atoms with Gasteiger partial charge in [0.15, 0.2) is 0 Å². The van der Waals surface area contributed by atoms with Gasteiger partial charge in [0, 0.05) is 21.1 Å². The molecule has 2 heterocycles. The van der Waals surface area contributed by atoms with Crippen molar-refractivity contribution in [2.24, 2.45) is 11.8 Å². The number of carbonyl (C=O) groups is 2. The third-order valence-electron chi connectivity index (χ3n) is 6.09. The Morgan fingerprint density at radius 1 is 1.00 bits per heavy atom. The lowest BCUT2D eigenvalue weighted by molar-refractivity contribution is -0.137. The van der Waals surface area contributed by atoms with E-state index in [0.717, 1.165) is 52.7 Å². The highest BCUT2D eigenvalue weighted by Crippen LogP contribution is 2.52. The van der Waals surface area contributed by atoms with Crippen molar-refractivity contribution in [2.75, 3.05) is 14.2 Å². The van der Waals surface area contributed by atoms with Crippen LogP contribution in [0, 0.1) is 11.8 Å². The minimum Gasteiger partial charge on any atom is -0.466 e. The number of rotatable bonds is 5. The maximum atomic E-state index is 13.0. The Hall–Kier alpha value is -2.31. The molecular weight excluding hydrogens is 422 g/mol. The van der Waals surface area contributed by atoms with Crippen LogP contribution in [0.5, 0.6) is 0 Å². The summed E-state index contributed by atoms with van der Waals surface area (Å²) in [5.41, 5.74) is 3.75. The summed E-state index contributed by atoms with van der Waals surface area (Å²) in [6.45, 7) is 0. The third kappa shape index (κ3) is 3.22. The highest BCUT2D eigenvalue weighted by atomic mass is 35.5. The zero-order valence-corrected chi connectivity index (χ0v) is 18.4. The maximum absolute atomic E-state index is 13.0. The van der Waals surface area contributed by atoms with Gasteiger partial charge in [-0.1, -0.05) is 11.6 Å². The number of methoxy groups -OCH3 is 2. The van der Waals surface area contributed by atoms with Gasteiger partial charge in [-0.3, -0.25) is 0 Å². The number of hydrogen-bond acceptors (Lipinski definition) is 6. The fourth-order valence-electron chi connectivity index (χ4n) is 4.35. The van der Waals surface area contributed by atoms with E-state index in [9.17, 15) is 9.59 Å². The topological polar surface area (TPSA) is 64.6 Å². The van der Waals surface area contributed by atoms with Gasteiger partial charge >= 0.3 is 11.9 Å². The summed E-state index contributed by atoms with van der Waals surface area (Å²) >= 11 is 7.88. The first-order valence-electron chi connectivity index (χ1n) is 10.1. The van der Waals surface area contributed by atoms with Crippen LogP contribution in [0.4, 0.5) is 0 Å². The van der Waals surface area contributed by atoms with Gasteiger partial charge in [0.2, 0.25) is 0 Å². The molecule has 0 radical (unpaired) electrons. The van der Waals surface area contributed by atoms with Gasteiger partial charge in [-0.2, -0.15) is 0 Å². The molecule has 5 nitrogen and oxygen atoms in total. The van der Waals surface area contributed by atoms with Crippen molar-refractivity contribution < 1.29 is 19.1 Å². The van der Waals surface area contributed by atoms with E-state index in [-0.39, 0.29) is 0 Å². The van der Waals surface area contributed by atoms with Crippen molar-refractivity contribution >= 4 is 45.0 Å². The molecule has 1 aromatic heterocycles. The number of hydrogen-bond donors (Lipinski definition) is 1. The Morgan fingerprint density at radius 2 is 1.57 bits per heavy atom. The minimum absolute atomic E-state index is 0.294. The standard InChI is InChI=1S/C23H22ClNO4S/c1-28-22(26)18-17(15-10-30-16-8-7-13(24)9-14(15)16)19(23(27)29-2)21(12-5-6-12)25-20(18)11-3-4-11/h7-12,17,25H,3-6H2,1-2H3. The van der Waals surface area contributed by atoms with E-state index >= 15 is 0 Å². The Bertz CT molecular complexity index is 1080. The molecule has 1 aromatic carbocycles. The Morgan fingerprint density at radius 3 is 2.07 bits per heavy atom. The second kappa shape index (κ2) is 7.43. The van der Waals surface area contributed by atoms with E-state index in [1.807, 2.05) is 23.6 Å². The molecule has 2 aromatic rings. The van der Waals surface area contributed by atoms with Gasteiger partial charge in [0.05, 0.1) is 31.3 Å². The maximum Gasteiger partial charge on any atom is 0.336 e.